The summed E-state index contributed by atoms with van der Waals surface area (Å²) in [6, 6.07) is 19.7. The summed E-state index contributed by atoms with van der Waals surface area (Å²) in [7, 11) is 5.37. The molecule has 3 aromatic rings. The van der Waals surface area contributed by atoms with Gasteiger partial charge >= 0.3 is 0 Å². The van der Waals surface area contributed by atoms with Gasteiger partial charge in [0.25, 0.3) is 11.8 Å². The molecule has 0 bridgehead atoms. The Labute approximate surface area is 185 Å². The van der Waals surface area contributed by atoms with E-state index in [9.17, 15) is 14.0 Å². The van der Waals surface area contributed by atoms with E-state index in [1.165, 1.54) is 18.2 Å². The summed E-state index contributed by atoms with van der Waals surface area (Å²) >= 11 is 0. The number of carbonyl (C=O) groups is 2. The lowest BCUT2D eigenvalue weighted by molar-refractivity contribution is -0.120. The minimum absolute atomic E-state index is 0.0856. The van der Waals surface area contributed by atoms with Gasteiger partial charge in [-0.3, -0.25) is 9.59 Å². The summed E-state index contributed by atoms with van der Waals surface area (Å²) in [6.07, 6.45) is 0. The molecule has 0 fully saturated rings. The van der Waals surface area contributed by atoms with Crippen molar-refractivity contribution in [2.24, 2.45) is 0 Å². The summed E-state index contributed by atoms with van der Waals surface area (Å²) in [5.41, 5.74) is 2.61. The van der Waals surface area contributed by atoms with Crippen LogP contribution in [0, 0.1) is 5.82 Å². The van der Waals surface area contributed by atoms with Crippen LogP contribution in [0.25, 0.3) is 5.57 Å². The molecule has 6 nitrogen and oxygen atoms in total. The Morgan fingerprint density at radius 1 is 0.906 bits per heavy atom. The van der Waals surface area contributed by atoms with Gasteiger partial charge in [0.1, 0.15) is 17.3 Å². The van der Waals surface area contributed by atoms with Crippen molar-refractivity contribution in [1.82, 2.24) is 0 Å². The van der Waals surface area contributed by atoms with Crippen LogP contribution in [0.15, 0.2) is 78.5 Å². The Morgan fingerprint density at radius 3 is 2.19 bits per heavy atom. The average molecular weight is 431 g/mol. The molecule has 7 heteroatoms. The maximum Gasteiger partial charge on any atom is 0.282 e. The zero-order valence-electron chi connectivity index (χ0n) is 17.9. The van der Waals surface area contributed by atoms with Crippen molar-refractivity contribution in [3.05, 3.63) is 89.9 Å². The Hall–Kier alpha value is -4.13. The zero-order chi connectivity index (χ0) is 22.8. The second-order valence-corrected chi connectivity index (χ2v) is 7.47. The van der Waals surface area contributed by atoms with E-state index in [4.69, 9.17) is 4.74 Å². The van der Waals surface area contributed by atoms with Crippen LogP contribution in [0.1, 0.15) is 5.56 Å². The van der Waals surface area contributed by atoms with Crippen molar-refractivity contribution in [2.45, 2.75) is 0 Å². The predicted molar refractivity (Wildman–Crippen MR) is 123 cm³/mol. The lowest BCUT2D eigenvalue weighted by Gasteiger charge is -2.18. The minimum atomic E-state index is -0.511. The van der Waals surface area contributed by atoms with Crippen LogP contribution >= 0.6 is 0 Å². The van der Waals surface area contributed by atoms with Gasteiger partial charge in [-0.1, -0.05) is 18.2 Å². The number of nitrogens with zero attached hydrogens (tertiary/aromatic N) is 2. The molecular formula is C25H22FN3O3. The average Bonchev–Trinajstić information content (AvgIpc) is 3.03. The molecule has 0 aromatic heterocycles. The summed E-state index contributed by atoms with van der Waals surface area (Å²) < 4.78 is 18.9. The number of halogens is 1. The van der Waals surface area contributed by atoms with Gasteiger partial charge in [0.15, 0.2) is 0 Å². The number of imide groups is 1. The van der Waals surface area contributed by atoms with Crippen molar-refractivity contribution in [2.75, 3.05) is 36.3 Å². The number of ether oxygens (including phenoxy) is 1. The fourth-order valence-corrected chi connectivity index (χ4v) is 3.52. The monoisotopic (exact) mass is 431 g/mol. The van der Waals surface area contributed by atoms with E-state index in [1.54, 1.807) is 49.6 Å². The third-order valence-electron chi connectivity index (χ3n) is 5.18. The van der Waals surface area contributed by atoms with E-state index in [-0.39, 0.29) is 11.3 Å². The number of benzene rings is 3. The molecule has 1 aliphatic rings. The van der Waals surface area contributed by atoms with Crippen LogP contribution < -0.4 is 19.9 Å². The molecule has 0 spiro atoms. The van der Waals surface area contributed by atoms with Gasteiger partial charge in [-0.25, -0.2) is 9.29 Å². The second-order valence-electron chi connectivity index (χ2n) is 7.47. The molecule has 0 radical (unpaired) electrons. The van der Waals surface area contributed by atoms with E-state index in [2.05, 4.69) is 5.32 Å². The van der Waals surface area contributed by atoms with Gasteiger partial charge in [0.2, 0.25) is 0 Å². The SMILES string of the molecule is COc1ccc(C2=C(Nc3cccc(F)c3)C(=O)N(c3ccc(N(C)C)cc3)C2=O)cc1. The molecule has 1 N–H and O–H groups in total. The lowest BCUT2D eigenvalue weighted by Crippen LogP contribution is -2.32. The summed E-state index contributed by atoms with van der Waals surface area (Å²) in [6.45, 7) is 0. The molecule has 1 aliphatic heterocycles. The van der Waals surface area contributed by atoms with Crippen molar-refractivity contribution in [3.8, 4) is 5.75 Å². The topological polar surface area (TPSA) is 61.9 Å². The van der Waals surface area contributed by atoms with Crippen LogP contribution in [-0.2, 0) is 9.59 Å². The highest BCUT2D eigenvalue weighted by Gasteiger charge is 2.40. The van der Waals surface area contributed by atoms with E-state index >= 15 is 0 Å². The van der Waals surface area contributed by atoms with E-state index < -0.39 is 17.6 Å². The first-order chi connectivity index (χ1) is 15.4. The molecule has 32 heavy (non-hydrogen) atoms. The molecule has 2 amide bonds. The molecule has 0 saturated carbocycles. The molecule has 4 rings (SSSR count). The summed E-state index contributed by atoms with van der Waals surface area (Å²) in [5.74, 6) is -0.796. The van der Waals surface area contributed by atoms with Gasteiger partial charge in [-0.05, 0) is 60.2 Å². The number of hydrogen-bond acceptors (Lipinski definition) is 5. The van der Waals surface area contributed by atoms with Gasteiger partial charge in [-0.15, -0.1) is 0 Å². The van der Waals surface area contributed by atoms with E-state index in [0.29, 0.717) is 22.7 Å². The number of hydrogen-bond donors (Lipinski definition) is 1. The number of anilines is 3. The van der Waals surface area contributed by atoms with Gasteiger partial charge < -0.3 is 15.0 Å². The number of nitrogens with one attached hydrogen (secondary N) is 1. The molecule has 1 heterocycles. The predicted octanol–water partition coefficient (Wildman–Crippen LogP) is 4.30. The molecule has 0 atom stereocenters. The summed E-state index contributed by atoms with van der Waals surface area (Å²) in [5, 5.41) is 2.96. The van der Waals surface area contributed by atoms with Crippen LogP contribution in [0.2, 0.25) is 0 Å². The van der Waals surface area contributed by atoms with Crippen LogP contribution in [0.4, 0.5) is 21.5 Å². The van der Waals surface area contributed by atoms with Gasteiger partial charge in [-0.2, -0.15) is 0 Å². The third kappa shape index (κ3) is 3.92. The molecule has 0 saturated heterocycles. The van der Waals surface area contributed by atoms with Crippen LogP contribution in [0.3, 0.4) is 0 Å². The molecule has 162 valence electrons. The normalized spacial score (nSPS) is 13.6. The Morgan fingerprint density at radius 2 is 1.59 bits per heavy atom. The highest BCUT2D eigenvalue weighted by molar-refractivity contribution is 6.46. The minimum Gasteiger partial charge on any atom is -0.497 e. The smallest absolute Gasteiger partial charge is 0.282 e. The fraction of sp³-hybridized carbons (Fsp3) is 0.120. The number of amides is 2. The lowest BCUT2D eigenvalue weighted by atomic mass is 10.0. The van der Waals surface area contributed by atoms with Gasteiger partial charge in [0, 0.05) is 25.5 Å². The second kappa shape index (κ2) is 8.55. The number of methoxy groups -OCH3 is 1. The fourth-order valence-electron chi connectivity index (χ4n) is 3.52. The number of carbonyl (C=O) groups excluding carboxylic acids is 2. The van der Waals surface area contributed by atoms with Crippen LogP contribution in [-0.4, -0.2) is 33.0 Å². The maximum absolute atomic E-state index is 13.7. The first-order valence-electron chi connectivity index (χ1n) is 9.96. The summed E-state index contributed by atoms with van der Waals surface area (Å²) in [4.78, 5) is 29.9. The maximum atomic E-state index is 13.7. The van der Waals surface area contributed by atoms with Crippen molar-refractivity contribution >= 4 is 34.4 Å². The molecule has 0 aliphatic carbocycles. The van der Waals surface area contributed by atoms with Gasteiger partial charge in [0.05, 0.1) is 18.4 Å². The van der Waals surface area contributed by atoms with Crippen LogP contribution in [0.5, 0.6) is 5.75 Å². The Bertz CT molecular complexity index is 1200. The number of rotatable bonds is 6. The zero-order valence-corrected chi connectivity index (χ0v) is 17.9. The molecule has 3 aromatic carbocycles. The largest absolute Gasteiger partial charge is 0.497 e. The van der Waals surface area contributed by atoms with Crippen molar-refractivity contribution in [1.29, 1.82) is 0 Å². The standard InChI is InChI=1S/C25H22FN3O3/c1-28(2)19-9-11-20(12-10-19)29-24(30)22(16-7-13-21(32-3)14-8-16)23(25(29)31)27-18-6-4-5-17(26)15-18/h4-15,27H,1-3H3. The van der Waals surface area contributed by atoms with Crippen molar-refractivity contribution in [3.63, 3.8) is 0 Å². The van der Waals surface area contributed by atoms with Crippen molar-refractivity contribution < 1.29 is 18.7 Å². The molecule has 0 unspecified atom stereocenters. The van der Waals surface area contributed by atoms with E-state index in [1.807, 2.05) is 31.1 Å². The highest BCUT2D eigenvalue weighted by Crippen LogP contribution is 2.35. The quantitative estimate of drug-likeness (QED) is 0.590. The first-order valence-corrected chi connectivity index (χ1v) is 9.96. The Balaban J connectivity index is 1.78. The first kappa shape index (κ1) is 21.1. The van der Waals surface area contributed by atoms with E-state index in [0.717, 1.165) is 10.6 Å². The Kier molecular flexibility index (Phi) is 5.64. The third-order valence-corrected chi connectivity index (χ3v) is 5.18. The highest BCUT2D eigenvalue weighted by atomic mass is 19.1. The molecular weight excluding hydrogens is 409 g/mol.